The first-order chi connectivity index (χ1) is 16.1. The number of anilines is 1. The number of thiophene rings is 1. The van der Waals surface area contributed by atoms with Crippen LogP contribution in [-0.2, 0) is 14.9 Å². The van der Waals surface area contributed by atoms with Crippen LogP contribution in [0.25, 0.3) is 11.1 Å². The Bertz CT molecular complexity index is 1140. The summed E-state index contributed by atoms with van der Waals surface area (Å²) in [5, 5.41) is 3.26. The Balaban J connectivity index is 1.78. The van der Waals surface area contributed by atoms with E-state index in [4.69, 9.17) is 14.2 Å². The first kappa shape index (κ1) is 25.3. The maximum absolute atomic E-state index is 12.7. The second-order valence-corrected chi connectivity index (χ2v) is 10.0. The summed E-state index contributed by atoms with van der Waals surface area (Å²) in [6.07, 6.45) is 0. The lowest BCUT2D eigenvalue weighted by atomic mass is 9.87. The second kappa shape index (κ2) is 10.7. The van der Waals surface area contributed by atoms with E-state index in [1.165, 1.54) is 24.0 Å². The fourth-order valence-corrected chi connectivity index (χ4v) is 4.60. The number of aryl methyl sites for hydroxylation is 1. The van der Waals surface area contributed by atoms with Crippen molar-refractivity contribution in [3.05, 3.63) is 64.5 Å². The summed E-state index contributed by atoms with van der Waals surface area (Å²) in [6.45, 7) is 10.6. The van der Waals surface area contributed by atoms with Gasteiger partial charge in [0.1, 0.15) is 22.1 Å². The second-order valence-electron chi connectivity index (χ2n) is 8.80. The summed E-state index contributed by atoms with van der Waals surface area (Å²) < 4.78 is 16.2. The Hall–Kier alpha value is -3.32. The third kappa shape index (κ3) is 5.97. The monoisotopic (exact) mass is 481 g/mol. The highest BCUT2D eigenvalue weighted by atomic mass is 32.1. The lowest BCUT2D eigenvalue weighted by Crippen LogP contribution is -2.21. The van der Waals surface area contributed by atoms with Gasteiger partial charge in [0.05, 0.1) is 13.7 Å². The number of hydrogen-bond acceptors (Lipinski definition) is 6. The van der Waals surface area contributed by atoms with E-state index in [1.807, 2.05) is 62.4 Å². The zero-order valence-corrected chi connectivity index (χ0v) is 21.3. The van der Waals surface area contributed by atoms with Crippen LogP contribution >= 0.6 is 11.3 Å². The van der Waals surface area contributed by atoms with Crippen molar-refractivity contribution < 1.29 is 23.8 Å². The standard InChI is InChI=1S/C27H31NO5S/c1-7-32-20-12-8-18(9-13-20)23-17(2)34-25(24(23)26(30)31-6)28-22(29)16-33-21-14-10-19(11-15-21)27(3,4)5/h8-15H,7,16H2,1-6H3,(H,28,29). The average Bonchev–Trinajstić information content (AvgIpc) is 3.13. The molecule has 0 aliphatic heterocycles. The minimum absolute atomic E-state index is 0.0400. The van der Waals surface area contributed by atoms with Crippen molar-refractivity contribution in [3.63, 3.8) is 0 Å². The number of nitrogens with one attached hydrogen (secondary N) is 1. The number of rotatable bonds is 8. The lowest BCUT2D eigenvalue weighted by molar-refractivity contribution is -0.118. The molecule has 0 radical (unpaired) electrons. The maximum Gasteiger partial charge on any atom is 0.341 e. The largest absolute Gasteiger partial charge is 0.494 e. The van der Waals surface area contributed by atoms with Crippen molar-refractivity contribution in [1.82, 2.24) is 0 Å². The SMILES string of the molecule is CCOc1ccc(-c2c(C)sc(NC(=O)COc3ccc(C(C)(C)C)cc3)c2C(=O)OC)cc1. The Morgan fingerprint density at radius 2 is 1.53 bits per heavy atom. The van der Waals surface area contributed by atoms with Crippen molar-refractivity contribution in [2.24, 2.45) is 0 Å². The normalized spacial score (nSPS) is 11.1. The fraction of sp³-hybridized carbons (Fsp3) is 0.333. The van der Waals surface area contributed by atoms with E-state index in [1.54, 1.807) is 0 Å². The van der Waals surface area contributed by atoms with E-state index in [0.717, 1.165) is 21.8 Å². The summed E-state index contributed by atoms with van der Waals surface area (Å²) in [5.74, 6) is 0.487. The quantitative estimate of drug-likeness (QED) is 0.387. The van der Waals surface area contributed by atoms with Gasteiger partial charge in [-0.2, -0.15) is 0 Å². The highest BCUT2D eigenvalue weighted by molar-refractivity contribution is 7.17. The van der Waals surface area contributed by atoms with Gasteiger partial charge in [-0.05, 0) is 54.7 Å². The fourth-order valence-electron chi connectivity index (χ4n) is 3.52. The summed E-state index contributed by atoms with van der Waals surface area (Å²) in [5.41, 5.74) is 3.13. The predicted octanol–water partition coefficient (Wildman–Crippen LogP) is 6.22. The van der Waals surface area contributed by atoms with Gasteiger partial charge in [-0.1, -0.05) is 45.0 Å². The zero-order valence-electron chi connectivity index (χ0n) is 20.5. The van der Waals surface area contributed by atoms with E-state index in [9.17, 15) is 9.59 Å². The summed E-state index contributed by atoms with van der Waals surface area (Å²) in [7, 11) is 1.33. The van der Waals surface area contributed by atoms with Crippen LogP contribution in [0.5, 0.6) is 11.5 Å². The number of esters is 1. The molecule has 6 nitrogen and oxygen atoms in total. The first-order valence-corrected chi connectivity index (χ1v) is 11.9. The van der Waals surface area contributed by atoms with E-state index < -0.39 is 5.97 Å². The van der Waals surface area contributed by atoms with Gasteiger partial charge in [-0.25, -0.2) is 4.79 Å². The van der Waals surface area contributed by atoms with Gasteiger partial charge in [0.15, 0.2) is 6.61 Å². The smallest absolute Gasteiger partial charge is 0.341 e. The van der Waals surface area contributed by atoms with Crippen LogP contribution in [0.4, 0.5) is 5.00 Å². The predicted molar refractivity (Wildman–Crippen MR) is 136 cm³/mol. The molecule has 1 N–H and O–H groups in total. The highest BCUT2D eigenvalue weighted by Gasteiger charge is 2.25. The van der Waals surface area contributed by atoms with Crippen LogP contribution in [0.2, 0.25) is 0 Å². The summed E-state index contributed by atoms with van der Waals surface area (Å²) in [4.78, 5) is 26.2. The number of ether oxygens (including phenoxy) is 3. The molecule has 0 bridgehead atoms. The van der Waals surface area contributed by atoms with E-state index >= 15 is 0 Å². The van der Waals surface area contributed by atoms with Gasteiger partial charge < -0.3 is 19.5 Å². The number of carbonyl (C=O) groups is 2. The third-order valence-corrected chi connectivity index (χ3v) is 6.29. The van der Waals surface area contributed by atoms with Gasteiger partial charge in [-0.3, -0.25) is 4.79 Å². The minimum atomic E-state index is -0.512. The van der Waals surface area contributed by atoms with Crippen LogP contribution in [-0.4, -0.2) is 32.2 Å². The molecule has 1 amide bonds. The molecule has 3 rings (SSSR count). The Morgan fingerprint density at radius 1 is 0.941 bits per heavy atom. The number of amides is 1. The number of hydrogen-bond donors (Lipinski definition) is 1. The van der Waals surface area contributed by atoms with Crippen molar-refractivity contribution in [2.75, 3.05) is 25.6 Å². The molecule has 3 aromatic rings. The molecule has 0 fully saturated rings. The topological polar surface area (TPSA) is 73.9 Å². The summed E-state index contributed by atoms with van der Waals surface area (Å²) in [6, 6.07) is 15.2. The zero-order chi connectivity index (χ0) is 24.9. The van der Waals surface area contributed by atoms with Crippen molar-refractivity contribution in [1.29, 1.82) is 0 Å². The van der Waals surface area contributed by atoms with Crippen LogP contribution in [0.3, 0.4) is 0 Å². The molecule has 0 saturated heterocycles. The van der Waals surface area contributed by atoms with Gasteiger partial charge in [0.2, 0.25) is 0 Å². The molecular formula is C27H31NO5S. The molecule has 34 heavy (non-hydrogen) atoms. The van der Waals surface area contributed by atoms with Crippen LogP contribution in [0, 0.1) is 6.92 Å². The number of benzene rings is 2. The Labute approximate surface area is 204 Å². The van der Waals surface area contributed by atoms with Gasteiger partial charge in [-0.15, -0.1) is 11.3 Å². The molecule has 0 unspecified atom stereocenters. The van der Waals surface area contributed by atoms with Crippen LogP contribution < -0.4 is 14.8 Å². The van der Waals surface area contributed by atoms with Crippen molar-refractivity contribution >= 4 is 28.2 Å². The summed E-state index contributed by atoms with van der Waals surface area (Å²) >= 11 is 1.33. The molecule has 0 aliphatic carbocycles. The molecule has 180 valence electrons. The molecule has 1 aromatic heterocycles. The number of methoxy groups -OCH3 is 1. The van der Waals surface area contributed by atoms with Crippen LogP contribution in [0.15, 0.2) is 48.5 Å². The van der Waals surface area contributed by atoms with Gasteiger partial charge in [0, 0.05) is 10.4 Å². The van der Waals surface area contributed by atoms with E-state index in [-0.39, 0.29) is 17.9 Å². The van der Waals surface area contributed by atoms with Gasteiger partial charge >= 0.3 is 5.97 Å². The maximum atomic E-state index is 12.7. The average molecular weight is 482 g/mol. The Morgan fingerprint density at radius 3 is 2.09 bits per heavy atom. The lowest BCUT2D eigenvalue weighted by Gasteiger charge is -2.19. The van der Waals surface area contributed by atoms with Gasteiger partial charge in [0.25, 0.3) is 5.91 Å². The third-order valence-electron chi connectivity index (χ3n) is 5.27. The molecule has 0 saturated carbocycles. The molecule has 7 heteroatoms. The highest BCUT2D eigenvalue weighted by Crippen LogP contribution is 2.40. The van der Waals surface area contributed by atoms with E-state index in [0.29, 0.717) is 22.9 Å². The molecule has 1 heterocycles. The van der Waals surface area contributed by atoms with Crippen molar-refractivity contribution in [2.45, 2.75) is 40.0 Å². The Kier molecular flexibility index (Phi) is 7.99. The molecule has 0 aliphatic rings. The van der Waals surface area contributed by atoms with E-state index in [2.05, 4.69) is 26.1 Å². The van der Waals surface area contributed by atoms with Crippen molar-refractivity contribution in [3.8, 4) is 22.6 Å². The first-order valence-electron chi connectivity index (χ1n) is 11.1. The van der Waals surface area contributed by atoms with Crippen LogP contribution in [0.1, 0.15) is 48.5 Å². The molecule has 0 atom stereocenters. The molecule has 2 aromatic carbocycles. The molecule has 0 spiro atoms. The number of carbonyl (C=O) groups excluding carboxylic acids is 2. The molecular weight excluding hydrogens is 450 g/mol. The minimum Gasteiger partial charge on any atom is -0.494 e.